The van der Waals surface area contributed by atoms with Crippen LogP contribution in [0.25, 0.3) is 0 Å². The van der Waals surface area contributed by atoms with Gasteiger partial charge in [0.2, 0.25) is 0 Å². The SMILES string of the molecule is Cc1ccc(N2C(=O)c3ccccc3C2=O)c(N)c1. The van der Waals surface area contributed by atoms with E-state index >= 15 is 0 Å². The summed E-state index contributed by atoms with van der Waals surface area (Å²) in [6.07, 6.45) is 0. The molecule has 4 nitrogen and oxygen atoms in total. The number of nitrogen functional groups attached to an aromatic ring is 1. The number of nitrogens with two attached hydrogens (primary N) is 1. The van der Waals surface area contributed by atoms with Crippen LogP contribution in [0.2, 0.25) is 0 Å². The van der Waals surface area contributed by atoms with Gasteiger partial charge in [-0.2, -0.15) is 0 Å². The fourth-order valence-corrected chi connectivity index (χ4v) is 2.29. The van der Waals surface area contributed by atoms with Crippen LogP contribution in [-0.4, -0.2) is 11.8 Å². The Balaban J connectivity index is 2.14. The minimum Gasteiger partial charge on any atom is -0.397 e. The number of nitrogens with zero attached hydrogens (tertiary/aromatic N) is 1. The van der Waals surface area contributed by atoms with Crippen molar-refractivity contribution in [3.63, 3.8) is 0 Å². The van der Waals surface area contributed by atoms with E-state index in [1.807, 2.05) is 13.0 Å². The van der Waals surface area contributed by atoms with Crippen molar-refractivity contribution in [2.75, 3.05) is 10.6 Å². The fraction of sp³-hybridized carbons (Fsp3) is 0.0667. The maximum atomic E-state index is 12.3. The van der Waals surface area contributed by atoms with E-state index in [0.29, 0.717) is 22.5 Å². The average Bonchev–Trinajstić information content (AvgIpc) is 2.64. The number of carbonyl (C=O) groups excluding carboxylic acids is 2. The third-order valence-corrected chi connectivity index (χ3v) is 3.22. The Hall–Kier alpha value is -2.62. The molecule has 0 spiro atoms. The zero-order valence-corrected chi connectivity index (χ0v) is 10.4. The van der Waals surface area contributed by atoms with Crippen molar-refractivity contribution >= 4 is 23.2 Å². The summed E-state index contributed by atoms with van der Waals surface area (Å²) in [5.74, 6) is -0.646. The van der Waals surface area contributed by atoms with Gasteiger partial charge in [0.15, 0.2) is 0 Å². The van der Waals surface area contributed by atoms with Gasteiger partial charge in [-0.15, -0.1) is 0 Å². The first-order chi connectivity index (χ1) is 9.09. The number of benzene rings is 2. The molecule has 1 aliphatic rings. The quantitative estimate of drug-likeness (QED) is 0.626. The number of fused-ring (bicyclic) bond motifs is 1. The van der Waals surface area contributed by atoms with Gasteiger partial charge in [0.05, 0.1) is 22.5 Å². The Kier molecular flexibility index (Phi) is 2.38. The first kappa shape index (κ1) is 11.5. The third-order valence-electron chi connectivity index (χ3n) is 3.22. The second-order valence-electron chi connectivity index (χ2n) is 4.55. The zero-order chi connectivity index (χ0) is 13.6. The fourth-order valence-electron chi connectivity index (χ4n) is 2.29. The number of carbonyl (C=O) groups is 2. The van der Waals surface area contributed by atoms with Crippen molar-refractivity contribution < 1.29 is 9.59 Å². The highest BCUT2D eigenvalue weighted by Crippen LogP contribution is 2.32. The van der Waals surface area contributed by atoms with Gasteiger partial charge in [-0.05, 0) is 36.8 Å². The van der Waals surface area contributed by atoms with Gasteiger partial charge in [0.25, 0.3) is 11.8 Å². The van der Waals surface area contributed by atoms with Gasteiger partial charge < -0.3 is 5.73 Å². The second kappa shape index (κ2) is 3.95. The highest BCUT2D eigenvalue weighted by atomic mass is 16.2. The van der Waals surface area contributed by atoms with Gasteiger partial charge in [0.1, 0.15) is 0 Å². The van der Waals surface area contributed by atoms with E-state index in [1.54, 1.807) is 36.4 Å². The van der Waals surface area contributed by atoms with Crippen LogP contribution in [0.15, 0.2) is 42.5 Å². The largest absolute Gasteiger partial charge is 0.397 e. The molecule has 0 bridgehead atoms. The molecule has 2 aromatic carbocycles. The van der Waals surface area contributed by atoms with Crippen LogP contribution in [0, 0.1) is 6.92 Å². The summed E-state index contributed by atoms with van der Waals surface area (Å²) in [6, 6.07) is 12.1. The molecule has 2 aromatic rings. The van der Waals surface area contributed by atoms with E-state index in [9.17, 15) is 9.59 Å². The van der Waals surface area contributed by atoms with Crippen LogP contribution in [0.1, 0.15) is 26.3 Å². The summed E-state index contributed by atoms with van der Waals surface area (Å²) in [5.41, 5.74) is 8.61. The topological polar surface area (TPSA) is 63.4 Å². The lowest BCUT2D eigenvalue weighted by Gasteiger charge is -2.16. The van der Waals surface area contributed by atoms with Crippen LogP contribution in [0.4, 0.5) is 11.4 Å². The summed E-state index contributed by atoms with van der Waals surface area (Å²) < 4.78 is 0. The van der Waals surface area contributed by atoms with E-state index in [0.717, 1.165) is 10.5 Å². The Morgan fingerprint density at radius 3 is 2.05 bits per heavy atom. The molecule has 4 heteroatoms. The second-order valence-corrected chi connectivity index (χ2v) is 4.55. The molecule has 0 aliphatic carbocycles. The summed E-state index contributed by atoms with van der Waals surface area (Å²) in [6.45, 7) is 1.91. The molecule has 1 heterocycles. The molecule has 19 heavy (non-hydrogen) atoms. The van der Waals surface area contributed by atoms with Gasteiger partial charge in [-0.3, -0.25) is 9.59 Å². The molecule has 2 N–H and O–H groups in total. The number of imide groups is 1. The summed E-state index contributed by atoms with van der Waals surface area (Å²) in [5, 5.41) is 0. The Morgan fingerprint density at radius 1 is 0.947 bits per heavy atom. The molecule has 0 atom stereocenters. The molecule has 94 valence electrons. The molecule has 0 saturated carbocycles. The number of hydrogen-bond donors (Lipinski definition) is 1. The predicted molar refractivity (Wildman–Crippen MR) is 73.2 cm³/mol. The molecule has 2 amide bonds. The third kappa shape index (κ3) is 1.61. The lowest BCUT2D eigenvalue weighted by molar-refractivity contribution is 0.0926. The van der Waals surface area contributed by atoms with Gasteiger partial charge in [0, 0.05) is 0 Å². The highest BCUT2D eigenvalue weighted by molar-refractivity contribution is 6.35. The van der Waals surface area contributed by atoms with Gasteiger partial charge in [-0.1, -0.05) is 18.2 Å². The van der Waals surface area contributed by atoms with E-state index < -0.39 is 0 Å². The van der Waals surface area contributed by atoms with Gasteiger partial charge in [-0.25, -0.2) is 4.90 Å². The standard InChI is InChI=1S/C15H12N2O2/c1-9-6-7-13(12(16)8-9)17-14(18)10-4-2-3-5-11(10)15(17)19/h2-8H,16H2,1H3. The minimum atomic E-state index is -0.323. The van der Waals surface area contributed by atoms with Crippen molar-refractivity contribution in [2.24, 2.45) is 0 Å². The lowest BCUT2D eigenvalue weighted by Crippen LogP contribution is -2.30. The Morgan fingerprint density at radius 2 is 1.53 bits per heavy atom. The van der Waals surface area contributed by atoms with Crippen LogP contribution < -0.4 is 10.6 Å². The normalized spacial score (nSPS) is 13.8. The first-order valence-electron chi connectivity index (χ1n) is 5.93. The van der Waals surface area contributed by atoms with Gasteiger partial charge >= 0.3 is 0 Å². The van der Waals surface area contributed by atoms with Crippen LogP contribution in [0.3, 0.4) is 0 Å². The van der Waals surface area contributed by atoms with E-state index in [1.165, 1.54) is 0 Å². The molecule has 0 fully saturated rings. The molecule has 0 radical (unpaired) electrons. The average molecular weight is 252 g/mol. The number of anilines is 2. The molecular formula is C15H12N2O2. The Labute approximate surface area is 110 Å². The van der Waals surface area contributed by atoms with Crippen molar-refractivity contribution in [3.8, 4) is 0 Å². The Bertz CT molecular complexity index is 672. The number of hydrogen-bond acceptors (Lipinski definition) is 3. The van der Waals surface area contributed by atoms with Crippen LogP contribution in [0.5, 0.6) is 0 Å². The molecule has 0 saturated heterocycles. The molecule has 0 unspecified atom stereocenters. The number of rotatable bonds is 1. The van der Waals surface area contributed by atoms with E-state index in [4.69, 9.17) is 5.73 Å². The monoisotopic (exact) mass is 252 g/mol. The van der Waals surface area contributed by atoms with Crippen molar-refractivity contribution in [2.45, 2.75) is 6.92 Å². The summed E-state index contributed by atoms with van der Waals surface area (Å²) in [7, 11) is 0. The summed E-state index contributed by atoms with van der Waals surface area (Å²) in [4.78, 5) is 25.7. The van der Waals surface area contributed by atoms with Crippen molar-refractivity contribution in [3.05, 3.63) is 59.2 Å². The first-order valence-corrected chi connectivity index (χ1v) is 5.93. The zero-order valence-electron chi connectivity index (χ0n) is 10.4. The maximum absolute atomic E-state index is 12.3. The molecule has 1 aliphatic heterocycles. The number of aryl methyl sites for hydroxylation is 1. The lowest BCUT2D eigenvalue weighted by atomic mass is 10.1. The predicted octanol–water partition coefficient (Wildman–Crippen LogP) is 2.38. The smallest absolute Gasteiger partial charge is 0.266 e. The van der Waals surface area contributed by atoms with Crippen molar-refractivity contribution in [1.29, 1.82) is 0 Å². The maximum Gasteiger partial charge on any atom is 0.266 e. The molecule has 3 rings (SSSR count). The van der Waals surface area contributed by atoms with E-state index in [-0.39, 0.29) is 11.8 Å². The highest BCUT2D eigenvalue weighted by Gasteiger charge is 2.36. The van der Waals surface area contributed by atoms with Crippen LogP contribution >= 0.6 is 0 Å². The number of amides is 2. The summed E-state index contributed by atoms with van der Waals surface area (Å²) >= 11 is 0. The van der Waals surface area contributed by atoms with Crippen LogP contribution in [-0.2, 0) is 0 Å². The van der Waals surface area contributed by atoms with Crippen molar-refractivity contribution in [1.82, 2.24) is 0 Å². The minimum absolute atomic E-state index is 0.323. The molecule has 0 aromatic heterocycles. The molecular weight excluding hydrogens is 240 g/mol. The van der Waals surface area contributed by atoms with E-state index in [2.05, 4.69) is 0 Å².